The Morgan fingerprint density at radius 1 is 0.889 bits per heavy atom. The monoisotopic (exact) mass is 506 g/mol. The van der Waals surface area contributed by atoms with Crippen molar-refractivity contribution >= 4 is 35.1 Å². The first-order valence-corrected chi connectivity index (χ1v) is 11.5. The number of aliphatic imine (C=N–C) groups is 1. The van der Waals surface area contributed by atoms with Gasteiger partial charge in [-0.3, -0.25) is 9.59 Å². The van der Waals surface area contributed by atoms with Crippen LogP contribution in [0, 0.1) is 5.92 Å². The zero-order chi connectivity index (χ0) is 25.7. The molecule has 0 saturated carbocycles. The summed E-state index contributed by atoms with van der Waals surface area (Å²) >= 11 is 5.87. The number of hydrogen-bond acceptors (Lipinski definition) is 5. The minimum absolute atomic E-state index is 0.102. The Labute approximate surface area is 212 Å². The molecule has 8 nitrogen and oxygen atoms in total. The Hall–Kier alpha value is -4.17. The van der Waals surface area contributed by atoms with Gasteiger partial charge in [-0.1, -0.05) is 23.7 Å². The van der Waals surface area contributed by atoms with Crippen molar-refractivity contribution in [2.24, 2.45) is 10.9 Å². The van der Waals surface area contributed by atoms with Crippen LogP contribution in [0.1, 0.15) is 34.5 Å². The molecule has 0 saturated heterocycles. The molecule has 184 valence electrons. The van der Waals surface area contributed by atoms with E-state index in [0.29, 0.717) is 33.2 Å². The van der Waals surface area contributed by atoms with Crippen LogP contribution in [0.4, 0.5) is 4.79 Å². The van der Waals surface area contributed by atoms with Crippen LogP contribution in [0.5, 0.6) is 11.5 Å². The third kappa shape index (κ3) is 5.90. The van der Waals surface area contributed by atoms with Crippen LogP contribution in [-0.4, -0.2) is 41.8 Å². The second-order valence-corrected chi connectivity index (χ2v) is 8.56. The minimum Gasteiger partial charge on any atom is -0.490 e. The summed E-state index contributed by atoms with van der Waals surface area (Å²) in [4.78, 5) is 39.7. The van der Waals surface area contributed by atoms with Gasteiger partial charge in [0.15, 0.2) is 5.78 Å². The van der Waals surface area contributed by atoms with Crippen molar-refractivity contribution in [3.8, 4) is 11.5 Å². The van der Waals surface area contributed by atoms with Crippen molar-refractivity contribution in [1.29, 1.82) is 0 Å². The first-order valence-electron chi connectivity index (χ1n) is 11.2. The average molecular weight is 507 g/mol. The summed E-state index contributed by atoms with van der Waals surface area (Å²) in [5, 5.41) is 12.7. The fourth-order valence-electron chi connectivity index (χ4n) is 3.88. The number of ketones is 1. The highest BCUT2D eigenvalue weighted by atomic mass is 35.5. The van der Waals surface area contributed by atoms with E-state index in [2.05, 4.69) is 10.3 Å². The number of halogens is 1. The van der Waals surface area contributed by atoms with Gasteiger partial charge in [-0.15, -0.1) is 0 Å². The standard InChI is InChI=1S/C27H23ClN2O6/c1-16-23(26(32)33)24(30-27(34)29-16)17-4-10-21(11-5-17)35-14-15-36-22-12-6-19(7-13-22)25(31)18-2-8-20(28)9-3-18/h2-13,23-24H,14-15H2,1H3,(H,30,34)(H,32,33). The molecule has 0 aromatic heterocycles. The SMILES string of the molecule is CC1=NC(=O)NC(c2ccc(OCCOc3ccc(C(=O)c4ccc(Cl)cc4)cc3)cc2)C1C(=O)O. The lowest BCUT2D eigenvalue weighted by molar-refractivity contribution is -0.140. The maximum atomic E-state index is 12.5. The van der Waals surface area contributed by atoms with E-state index in [9.17, 15) is 19.5 Å². The van der Waals surface area contributed by atoms with Crippen LogP contribution in [0.3, 0.4) is 0 Å². The van der Waals surface area contributed by atoms with E-state index in [-0.39, 0.29) is 24.7 Å². The number of rotatable bonds is 9. The highest BCUT2D eigenvalue weighted by molar-refractivity contribution is 6.30. The molecule has 2 atom stereocenters. The van der Waals surface area contributed by atoms with Gasteiger partial charge < -0.3 is 19.9 Å². The zero-order valence-corrected chi connectivity index (χ0v) is 20.1. The first kappa shape index (κ1) is 24.9. The molecular formula is C27H23ClN2O6. The first-order chi connectivity index (χ1) is 17.3. The molecule has 1 aliphatic rings. The second kappa shape index (κ2) is 11.0. The third-order valence-electron chi connectivity index (χ3n) is 5.69. The van der Waals surface area contributed by atoms with E-state index in [1.54, 1.807) is 72.8 Å². The topological polar surface area (TPSA) is 114 Å². The van der Waals surface area contributed by atoms with Gasteiger partial charge in [-0.25, -0.2) is 9.79 Å². The van der Waals surface area contributed by atoms with E-state index < -0.39 is 24.0 Å². The van der Waals surface area contributed by atoms with E-state index in [4.69, 9.17) is 21.1 Å². The van der Waals surface area contributed by atoms with Crippen molar-refractivity contribution in [3.05, 3.63) is 94.5 Å². The molecule has 0 fully saturated rings. The van der Waals surface area contributed by atoms with Crippen LogP contribution in [0.25, 0.3) is 0 Å². The van der Waals surface area contributed by atoms with Gasteiger partial charge in [0.05, 0.1) is 6.04 Å². The molecule has 0 spiro atoms. The van der Waals surface area contributed by atoms with Crippen molar-refractivity contribution in [2.75, 3.05) is 13.2 Å². The molecule has 0 bridgehead atoms. The molecule has 2 unspecified atom stereocenters. The average Bonchev–Trinajstić information content (AvgIpc) is 2.86. The van der Waals surface area contributed by atoms with Crippen molar-refractivity contribution in [1.82, 2.24) is 5.32 Å². The molecule has 0 radical (unpaired) electrons. The van der Waals surface area contributed by atoms with Crippen LogP contribution >= 0.6 is 11.6 Å². The van der Waals surface area contributed by atoms with Gasteiger partial charge in [0.1, 0.15) is 30.6 Å². The fraction of sp³-hybridized carbons (Fsp3) is 0.185. The number of urea groups is 1. The summed E-state index contributed by atoms with van der Waals surface area (Å²) in [6, 6.07) is 19.1. The van der Waals surface area contributed by atoms with Crippen molar-refractivity contribution in [3.63, 3.8) is 0 Å². The van der Waals surface area contributed by atoms with Crippen LogP contribution in [-0.2, 0) is 4.79 Å². The highest BCUT2D eigenvalue weighted by Gasteiger charge is 2.36. The number of aliphatic carboxylic acids is 1. The number of nitrogens with one attached hydrogen (secondary N) is 1. The molecular weight excluding hydrogens is 484 g/mol. The number of hydrogen-bond donors (Lipinski definition) is 2. The molecule has 0 aliphatic carbocycles. The predicted octanol–water partition coefficient (Wildman–Crippen LogP) is 4.95. The van der Waals surface area contributed by atoms with Gasteiger partial charge in [0.25, 0.3) is 0 Å². The molecule has 2 N–H and O–H groups in total. The minimum atomic E-state index is -1.05. The molecule has 2 amide bonds. The Balaban J connectivity index is 1.28. The molecule has 4 rings (SSSR count). The fourth-order valence-corrected chi connectivity index (χ4v) is 4.00. The van der Waals surface area contributed by atoms with Gasteiger partial charge in [0, 0.05) is 21.9 Å². The summed E-state index contributed by atoms with van der Waals surface area (Å²) in [6.45, 7) is 2.09. The Kier molecular flexibility index (Phi) is 7.65. The van der Waals surface area contributed by atoms with E-state index in [0.717, 1.165) is 0 Å². The quantitative estimate of drug-likeness (QED) is 0.313. The van der Waals surface area contributed by atoms with E-state index >= 15 is 0 Å². The number of ether oxygens (including phenoxy) is 2. The summed E-state index contributed by atoms with van der Waals surface area (Å²) in [5.74, 6) is -0.913. The summed E-state index contributed by atoms with van der Waals surface area (Å²) in [7, 11) is 0. The largest absolute Gasteiger partial charge is 0.490 e. The molecule has 36 heavy (non-hydrogen) atoms. The van der Waals surface area contributed by atoms with E-state index in [1.807, 2.05) is 0 Å². The Morgan fingerprint density at radius 2 is 1.39 bits per heavy atom. The van der Waals surface area contributed by atoms with Crippen LogP contribution in [0.2, 0.25) is 5.02 Å². The zero-order valence-electron chi connectivity index (χ0n) is 19.3. The maximum Gasteiger partial charge on any atom is 0.341 e. The third-order valence-corrected chi connectivity index (χ3v) is 5.94. The second-order valence-electron chi connectivity index (χ2n) is 8.12. The molecule has 1 heterocycles. The number of benzene rings is 3. The van der Waals surface area contributed by atoms with Gasteiger partial charge in [-0.05, 0) is 73.2 Å². The van der Waals surface area contributed by atoms with Crippen LogP contribution in [0.15, 0.2) is 77.8 Å². The lowest BCUT2D eigenvalue weighted by Gasteiger charge is -2.28. The Bertz CT molecular complexity index is 1290. The molecule has 1 aliphatic heterocycles. The van der Waals surface area contributed by atoms with Crippen LogP contribution < -0.4 is 14.8 Å². The lowest BCUT2D eigenvalue weighted by atomic mass is 9.88. The predicted molar refractivity (Wildman–Crippen MR) is 134 cm³/mol. The highest BCUT2D eigenvalue weighted by Crippen LogP contribution is 2.28. The van der Waals surface area contributed by atoms with Gasteiger partial charge >= 0.3 is 12.0 Å². The number of nitrogens with zero attached hydrogens (tertiary/aromatic N) is 1. The smallest absolute Gasteiger partial charge is 0.341 e. The summed E-state index contributed by atoms with van der Waals surface area (Å²) < 4.78 is 11.4. The Morgan fingerprint density at radius 3 is 1.92 bits per heavy atom. The number of amides is 2. The summed E-state index contributed by atoms with van der Waals surface area (Å²) in [5.41, 5.74) is 2.00. The molecule has 3 aromatic carbocycles. The molecule has 9 heteroatoms. The van der Waals surface area contributed by atoms with E-state index in [1.165, 1.54) is 6.92 Å². The number of carbonyl (C=O) groups is 3. The summed E-state index contributed by atoms with van der Waals surface area (Å²) in [6.07, 6.45) is 0. The van der Waals surface area contributed by atoms with Gasteiger partial charge in [0.2, 0.25) is 0 Å². The number of carbonyl (C=O) groups excluding carboxylic acids is 2. The normalized spacial score (nSPS) is 17.1. The van der Waals surface area contributed by atoms with Crippen molar-refractivity contribution < 1.29 is 29.0 Å². The van der Waals surface area contributed by atoms with Gasteiger partial charge in [-0.2, -0.15) is 0 Å². The maximum absolute atomic E-state index is 12.5. The molecule has 3 aromatic rings. The number of carboxylic acid groups (broad SMARTS) is 1. The van der Waals surface area contributed by atoms with Crippen molar-refractivity contribution in [2.45, 2.75) is 13.0 Å². The number of carboxylic acids is 1. The lowest BCUT2D eigenvalue weighted by Crippen LogP contribution is -2.43.